The molecule has 0 spiro atoms. The number of benzene rings is 1. The Bertz CT molecular complexity index is 932. The minimum atomic E-state index is -0.477. The molecule has 0 saturated heterocycles. The number of carbonyl (C=O) groups is 1. The third-order valence-corrected chi connectivity index (χ3v) is 4.90. The van der Waals surface area contributed by atoms with Crippen LogP contribution in [0.3, 0.4) is 0 Å². The van der Waals surface area contributed by atoms with Crippen LogP contribution in [-0.2, 0) is 9.53 Å². The summed E-state index contributed by atoms with van der Waals surface area (Å²) in [6.07, 6.45) is 1.67. The number of hydrogen-bond acceptors (Lipinski definition) is 6. The summed E-state index contributed by atoms with van der Waals surface area (Å²) >= 11 is 4.98. The molecule has 0 atom stereocenters. The van der Waals surface area contributed by atoms with Gasteiger partial charge in [0.05, 0.1) is 16.0 Å². The summed E-state index contributed by atoms with van der Waals surface area (Å²) in [5, 5.41) is 1.91. The van der Waals surface area contributed by atoms with E-state index >= 15 is 0 Å². The van der Waals surface area contributed by atoms with Crippen LogP contribution in [0, 0.1) is 0 Å². The molecule has 140 valence electrons. The van der Waals surface area contributed by atoms with Crippen molar-refractivity contribution in [3.8, 4) is 11.5 Å². The van der Waals surface area contributed by atoms with Gasteiger partial charge in [0.1, 0.15) is 6.61 Å². The first-order valence-electron chi connectivity index (χ1n) is 8.28. The zero-order valence-corrected chi connectivity index (χ0v) is 17.4. The molecule has 0 aliphatic carbocycles. The van der Waals surface area contributed by atoms with Crippen molar-refractivity contribution in [1.82, 2.24) is 0 Å². The van der Waals surface area contributed by atoms with Crippen LogP contribution in [0.15, 0.2) is 57.0 Å². The van der Waals surface area contributed by atoms with Crippen molar-refractivity contribution in [3.05, 3.63) is 62.4 Å². The summed E-state index contributed by atoms with van der Waals surface area (Å²) in [5.41, 5.74) is 1.89. The van der Waals surface area contributed by atoms with E-state index in [1.807, 2.05) is 37.4 Å². The molecule has 1 aromatic heterocycles. The number of cyclic esters (lactones) is 1. The van der Waals surface area contributed by atoms with Crippen molar-refractivity contribution >= 4 is 45.2 Å². The monoisotopic (exact) mass is 447 g/mol. The smallest absolute Gasteiger partial charge is 0.363 e. The predicted octanol–water partition coefficient (Wildman–Crippen LogP) is 5.21. The van der Waals surface area contributed by atoms with E-state index in [9.17, 15) is 4.79 Å². The Balaban J connectivity index is 1.93. The molecule has 0 saturated carbocycles. The quantitative estimate of drug-likeness (QED) is 0.332. The van der Waals surface area contributed by atoms with Gasteiger partial charge < -0.3 is 14.2 Å². The average molecular weight is 448 g/mol. The minimum absolute atomic E-state index is 0.239. The molecule has 2 heterocycles. The van der Waals surface area contributed by atoms with Crippen LogP contribution in [-0.4, -0.2) is 25.1 Å². The van der Waals surface area contributed by atoms with Gasteiger partial charge in [0.2, 0.25) is 5.90 Å². The molecule has 0 N–H and O–H groups in total. The number of hydrogen-bond donors (Lipinski definition) is 0. The molecule has 0 amide bonds. The number of ether oxygens (including phenoxy) is 3. The minimum Gasteiger partial charge on any atom is -0.490 e. The molecule has 0 bridgehead atoms. The number of aliphatic imine (C=N–C) groups is 1. The first-order chi connectivity index (χ1) is 13.0. The summed E-state index contributed by atoms with van der Waals surface area (Å²) in [6, 6.07) is 7.39. The van der Waals surface area contributed by atoms with Gasteiger partial charge in [-0.1, -0.05) is 12.6 Å². The first kappa shape index (κ1) is 19.4. The SMILES string of the molecule is C=C(C)COc1c(Br)cc(/C=C2/N=C(c3cccs3)OC2=O)cc1OCC. The van der Waals surface area contributed by atoms with Crippen LogP contribution >= 0.6 is 27.3 Å². The Hall–Kier alpha value is -2.38. The van der Waals surface area contributed by atoms with E-state index in [0.29, 0.717) is 30.6 Å². The third kappa shape index (κ3) is 4.67. The standard InChI is InChI=1S/C20H18BrNO4S/c1-4-24-16-10-13(8-14(21)18(16)25-11-12(2)3)9-15-20(23)26-19(22-15)17-6-5-7-27-17/h5-10H,2,4,11H2,1,3H3/b15-9+. The van der Waals surface area contributed by atoms with Crippen molar-refractivity contribution < 1.29 is 19.0 Å². The number of halogens is 1. The molecule has 27 heavy (non-hydrogen) atoms. The number of esters is 1. The van der Waals surface area contributed by atoms with Crippen molar-refractivity contribution in [2.24, 2.45) is 4.99 Å². The summed E-state index contributed by atoms with van der Waals surface area (Å²) in [6.45, 7) is 8.50. The topological polar surface area (TPSA) is 57.1 Å². The van der Waals surface area contributed by atoms with Crippen molar-refractivity contribution in [1.29, 1.82) is 0 Å². The second-order valence-corrected chi connectivity index (χ2v) is 7.62. The van der Waals surface area contributed by atoms with E-state index in [1.165, 1.54) is 11.3 Å². The van der Waals surface area contributed by atoms with E-state index in [2.05, 4.69) is 27.5 Å². The first-order valence-corrected chi connectivity index (χ1v) is 9.95. The van der Waals surface area contributed by atoms with Gasteiger partial charge in [-0.2, -0.15) is 0 Å². The summed E-state index contributed by atoms with van der Waals surface area (Å²) in [4.78, 5) is 17.3. The maximum absolute atomic E-state index is 12.1. The maximum Gasteiger partial charge on any atom is 0.363 e. The highest BCUT2D eigenvalue weighted by Gasteiger charge is 2.25. The fourth-order valence-electron chi connectivity index (χ4n) is 2.34. The molecule has 1 aliphatic heterocycles. The van der Waals surface area contributed by atoms with Gasteiger partial charge in [-0.25, -0.2) is 9.79 Å². The van der Waals surface area contributed by atoms with E-state index in [-0.39, 0.29) is 5.70 Å². The van der Waals surface area contributed by atoms with Crippen molar-refractivity contribution in [2.75, 3.05) is 13.2 Å². The van der Waals surface area contributed by atoms with Gasteiger partial charge in [0.15, 0.2) is 17.2 Å². The number of thiophene rings is 1. The van der Waals surface area contributed by atoms with Crippen LogP contribution in [0.2, 0.25) is 0 Å². The van der Waals surface area contributed by atoms with Gasteiger partial charge in [-0.05, 0) is 70.6 Å². The molecule has 2 aromatic rings. The van der Waals surface area contributed by atoms with Crippen molar-refractivity contribution in [2.45, 2.75) is 13.8 Å². The highest BCUT2D eigenvalue weighted by molar-refractivity contribution is 9.10. The molecule has 3 rings (SSSR count). The molecule has 1 aliphatic rings. The Morgan fingerprint density at radius 3 is 2.89 bits per heavy atom. The largest absolute Gasteiger partial charge is 0.490 e. The summed E-state index contributed by atoms with van der Waals surface area (Å²) in [5.74, 6) is 1.02. The van der Waals surface area contributed by atoms with Crippen LogP contribution in [0.1, 0.15) is 24.3 Å². The Labute approximate surface area is 170 Å². The van der Waals surface area contributed by atoms with Crippen molar-refractivity contribution in [3.63, 3.8) is 0 Å². The lowest BCUT2D eigenvalue weighted by atomic mass is 10.1. The number of carbonyl (C=O) groups excluding carboxylic acids is 1. The molecule has 0 unspecified atom stereocenters. The van der Waals surface area contributed by atoms with Gasteiger partial charge in [0.25, 0.3) is 0 Å². The maximum atomic E-state index is 12.1. The van der Waals surface area contributed by atoms with Gasteiger partial charge in [-0.15, -0.1) is 11.3 Å². The lowest BCUT2D eigenvalue weighted by Gasteiger charge is -2.14. The highest BCUT2D eigenvalue weighted by atomic mass is 79.9. The lowest BCUT2D eigenvalue weighted by molar-refractivity contribution is -0.129. The second-order valence-electron chi connectivity index (χ2n) is 5.82. The van der Waals surface area contributed by atoms with Crippen LogP contribution in [0.25, 0.3) is 6.08 Å². The zero-order chi connectivity index (χ0) is 19.4. The Morgan fingerprint density at radius 1 is 1.41 bits per heavy atom. The molecule has 0 fully saturated rings. The molecular weight excluding hydrogens is 430 g/mol. The molecule has 1 aromatic carbocycles. The Morgan fingerprint density at radius 2 is 2.22 bits per heavy atom. The summed E-state index contributed by atoms with van der Waals surface area (Å²) < 4.78 is 17.5. The zero-order valence-electron chi connectivity index (χ0n) is 15.0. The normalized spacial score (nSPS) is 14.9. The number of rotatable bonds is 7. The third-order valence-electron chi connectivity index (χ3n) is 3.45. The van der Waals surface area contributed by atoms with E-state index in [1.54, 1.807) is 12.1 Å². The van der Waals surface area contributed by atoms with Gasteiger partial charge in [-0.3, -0.25) is 0 Å². The van der Waals surface area contributed by atoms with Gasteiger partial charge in [0, 0.05) is 0 Å². The van der Waals surface area contributed by atoms with Crippen LogP contribution in [0.5, 0.6) is 11.5 Å². The average Bonchev–Trinajstić information content (AvgIpc) is 3.25. The second kappa shape index (κ2) is 8.54. The molecular formula is C20H18BrNO4S. The highest BCUT2D eigenvalue weighted by Crippen LogP contribution is 2.38. The van der Waals surface area contributed by atoms with E-state index in [4.69, 9.17) is 14.2 Å². The number of nitrogens with zero attached hydrogens (tertiary/aromatic N) is 1. The van der Waals surface area contributed by atoms with Gasteiger partial charge >= 0.3 is 5.97 Å². The van der Waals surface area contributed by atoms with Crippen LogP contribution < -0.4 is 9.47 Å². The lowest BCUT2D eigenvalue weighted by Crippen LogP contribution is -2.04. The summed E-state index contributed by atoms with van der Waals surface area (Å²) in [7, 11) is 0. The van der Waals surface area contributed by atoms with E-state index < -0.39 is 5.97 Å². The van der Waals surface area contributed by atoms with Crippen LogP contribution in [0.4, 0.5) is 0 Å². The fraction of sp³-hybridized carbons (Fsp3) is 0.200. The molecule has 0 radical (unpaired) electrons. The Kier molecular flexibility index (Phi) is 6.13. The molecule has 5 nitrogen and oxygen atoms in total. The van der Waals surface area contributed by atoms with E-state index in [0.717, 1.165) is 20.5 Å². The molecule has 7 heteroatoms. The fourth-order valence-corrected chi connectivity index (χ4v) is 3.57. The predicted molar refractivity (Wildman–Crippen MR) is 111 cm³/mol.